The highest BCUT2D eigenvalue weighted by molar-refractivity contribution is 9.10. The number of hydrogen-bond donors (Lipinski definition) is 0. The zero-order valence-corrected chi connectivity index (χ0v) is 21.1. The molecule has 0 spiro atoms. The SMILES string of the molecule is Cc1cccc(N=C2SC(=Cc3ccc(-c4ccc(Br)cc4)o3)C(=O)N2c2cccc(C)c2)c1. The van der Waals surface area contributed by atoms with Gasteiger partial charge in [-0.05, 0) is 85.3 Å². The van der Waals surface area contributed by atoms with Crippen LogP contribution in [0.5, 0.6) is 0 Å². The normalized spacial score (nSPS) is 16.1. The van der Waals surface area contributed by atoms with Crippen molar-refractivity contribution in [3.05, 3.63) is 111 Å². The van der Waals surface area contributed by atoms with E-state index in [2.05, 4.69) is 15.9 Å². The Labute approximate surface area is 211 Å². The summed E-state index contributed by atoms with van der Waals surface area (Å²) in [6.07, 6.45) is 1.79. The predicted octanol–water partition coefficient (Wildman–Crippen LogP) is 8.13. The second kappa shape index (κ2) is 9.49. The van der Waals surface area contributed by atoms with Gasteiger partial charge in [0.2, 0.25) is 0 Å². The maximum Gasteiger partial charge on any atom is 0.271 e. The van der Waals surface area contributed by atoms with Crippen molar-refractivity contribution < 1.29 is 9.21 Å². The molecule has 0 bridgehead atoms. The van der Waals surface area contributed by atoms with Crippen LogP contribution in [0.15, 0.2) is 104 Å². The number of aryl methyl sites for hydroxylation is 2. The fourth-order valence-electron chi connectivity index (χ4n) is 3.68. The number of aliphatic imine (C=N–C) groups is 1. The van der Waals surface area contributed by atoms with Gasteiger partial charge in [-0.15, -0.1) is 0 Å². The number of furan rings is 1. The average molecular weight is 529 g/mol. The summed E-state index contributed by atoms with van der Waals surface area (Å²) in [6.45, 7) is 4.04. The number of halogens is 1. The summed E-state index contributed by atoms with van der Waals surface area (Å²) in [6, 6.07) is 27.5. The smallest absolute Gasteiger partial charge is 0.271 e. The molecule has 168 valence electrons. The van der Waals surface area contributed by atoms with Crippen LogP contribution in [-0.2, 0) is 4.79 Å². The predicted molar refractivity (Wildman–Crippen MR) is 144 cm³/mol. The molecule has 2 heterocycles. The lowest BCUT2D eigenvalue weighted by molar-refractivity contribution is -0.113. The molecule has 4 nitrogen and oxygen atoms in total. The van der Waals surface area contributed by atoms with Crippen molar-refractivity contribution in [1.29, 1.82) is 0 Å². The van der Waals surface area contributed by atoms with Gasteiger partial charge in [0.05, 0.1) is 16.3 Å². The van der Waals surface area contributed by atoms with E-state index in [0.717, 1.165) is 38.3 Å². The molecule has 3 aromatic carbocycles. The molecule has 0 atom stereocenters. The van der Waals surface area contributed by atoms with Gasteiger partial charge >= 0.3 is 0 Å². The van der Waals surface area contributed by atoms with Crippen molar-refractivity contribution in [3.8, 4) is 11.3 Å². The van der Waals surface area contributed by atoms with Gasteiger partial charge in [-0.3, -0.25) is 9.69 Å². The molecule has 0 N–H and O–H groups in total. The van der Waals surface area contributed by atoms with Gasteiger partial charge in [-0.25, -0.2) is 4.99 Å². The van der Waals surface area contributed by atoms with E-state index >= 15 is 0 Å². The highest BCUT2D eigenvalue weighted by atomic mass is 79.9. The third-order valence-corrected chi connectivity index (χ3v) is 6.82. The minimum absolute atomic E-state index is 0.122. The topological polar surface area (TPSA) is 45.8 Å². The van der Waals surface area contributed by atoms with Crippen LogP contribution >= 0.6 is 27.7 Å². The maximum atomic E-state index is 13.5. The molecule has 6 heteroatoms. The molecule has 1 saturated heterocycles. The summed E-state index contributed by atoms with van der Waals surface area (Å²) in [7, 11) is 0. The van der Waals surface area contributed by atoms with Crippen LogP contribution in [-0.4, -0.2) is 11.1 Å². The molecule has 0 unspecified atom stereocenters. The van der Waals surface area contributed by atoms with E-state index in [4.69, 9.17) is 9.41 Å². The second-order valence-corrected chi connectivity index (χ2v) is 9.96. The number of rotatable bonds is 4. The van der Waals surface area contributed by atoms with Crippen LogP contribution < -0.4 is 4.90 Å². The van der Waals surface area contributed by atoms with Crippen LogP contribution in [0.1, 0.15) is 16.9 Å². The number of amides is 1. The zero-order valence-electron chi connectivity index (χ0n) is 18.7. The van der Waals surface area contributed by atoms with E-state index in [1.54, 1.807) is 11.0 Å². The summed E-state index contributed by atoms with van der Waals surface area (Å²) < 4.78 is 7.04. The Kier molecular flexibility index (Phi) is 6.26. The summed E-state index contributed by atoms with van der Waals surface area (Å²) in [5.41, 5.74) is 4.77. The molecule has 1 aliphatic heterocycles. The maximum absolute atomic E-state index is 13.5. The van der Waals surface area contributed by atoms with Crippen molar-refractivity contribution in [1.82, 2.24) is 0 Å². The van der Waals surface area contributed by atoms with Crippen LogP contribution in [0.4, 0.5) is 11.4 Å². The third-order valence-electron chi connectivity index (χ3n) is 5.32. The standard InChI is InChI=1S/C28H21BrN2O2S/c1-18-5-3-7-22(15-18)30-28-31(23-8-4-6-19(2)16-23)27(32)26(34-28)17-24-13-14-25(33-24)20-9-11-21(29)12-10-20/h3-17H,1-2H3. The van der Waals surface area contributed by atoms with E-state index in [-0.39, 0.29) is 5.91 Å². The zero-order chi connectivity index (χ0) is 23.7. The van der Waals surface area contributed by atoms with E-state index in [1.807, 2.05) is 98.8 Å². The molecule has 0 saturated carbocycles. The number of carbonyl (C=O) groups excluding carboxylic acids is 1. The number of nitrogens with zero attached hydrogens (tertiary/aromatic N) is 2. The van der Waals surface area contributed by atoms with Crippen molar-refractivity contribution in [3.63, 3.8) is 0 Å². The van der Waals surface area contributed by atoms with E-state index in [9.17, 15) is 4.79 Å². The first kappa shape index (κ1) is 22.4. The highest BCUT2D eigenvalue weighted by Crippen LogP contribution is 2.38. The molecule has 5 rings (SSSR count). The monoisotopic (exact) mass is 528 g/mol. The second-order valence-electron chi connectivity index (χ2n) is 8.03. The molecule has 34 heavy (non-hydrogen) atoms. The fraction of sp³-hybridized carbons (Fsp3) is 0.0714. The van der Waals surface area contributed by atoms with Crippen molar-refractivity contribution in [2.75, 3.05) is 4.90 Å². The van der Waals surface area contributed by atoms with Crippen molar-refractivity contribution in [2.45, 2.75) is 13.8 Å². The quantitative estimate of drug-likeness (QED) is 0.251. The Bertz CT molecular complexity index is 1440. The van der Waals surface area contributed by atoms with Gasteiger partial charge in [-0.1, -0.05) is 52.3 Å². The van der Waals surface area contributed by atoms with E-state index < -0.39 is 0 Å². The molecule has 0 radical (unpaired) electrons. The largest absolute Gasteiger partial charge is 0.457 e. The summed E-state index contributed by atoms with van der Waals surface area (Å²) in [5.74, 6) is 1.25. The summed E-state index contributed by atoms with van der Waals surface area (Å²) >= 11 is 4.81. The number of hydrogen-bond acceptors (Lipinski definition) is 4. The summed E-state index contributed by atoms with van der Waals surface area (Å²) in [4.78, 5) is 20.6. The third kappa shape index (κ3) is 4.79. The van der Waals surface area contributed by atoms with Crippen LogP contribution in [0.2, 0.25) is 0 Å². The lowest BCUT2D eigenvalue weighted by Gasteiger charge is -2.16. The average Bonchev–Trinajstić information content (AvgIpc) is 3.39. The molecule has 1 aromatic heterocycles. The summed E-state index contributed by atoms with van der Waals surface area (Å²) in [5, 5.41) is 0.618. The van der Waals surface area contributed by atoms with Crippen LogP contribution in [0.25, 0.3) is 17.4 Å². The lowest BCUT2D eigenvalue weighted by atomic mass is 10.2. The molecule has 4 aromatic rings. The molecule has 0 aliphatic carbocycles. The first-order valence-corrected chi connectivity index (χ1v) is 12.4. The molecule has 1 aliphatic rings. The molecular weight excluding hydrogens is 508 g/mol. The number of thioether (sulfide) groups is 1. The Morgan fingerprint density at radius 3 is 2.38 bits per heavy atom. The van der Waals surface area contributed by atoms with Gasteiger partial charge in [0.1, 0.15) is 11.5 Å². The Hall–Kier alpha value is -3.35. The first-order valence-electron chi connectivity index (χ1n) is 10.8. The van der Waals surface area contributed by atoms with Gasteiger partial charge in [0.15, 0.2) is 5.17 Å². The van der Waals surface area contributed by atoms with Gasteiger partial charge < -0.3 is 4.42 Å². The van der Waals surface area contributed by atoms with Crippen LogP contribution in [0.3, 0.4) is 0 Å². The van der Waals surface area contributed by atoms with Crippen molar-refractivity contribution >= 4 is 56.2 Å². The number of amidine groups is 1. The van der Waals surface area contributed by atoms with Gasteiger partial charge in [-0.2, -0.15) is 0 Å². The van der Waals surface area contributed by atoms with E-state index in [1.165, 1.54) is 11.8 Å². The first-order chi connectivity index (χ1) is 16.5. The highest BCUT2D eigenvalue weighted by Gasteiger charge is 2.35. The molecular formula is C28H21BrN2O2S. The minimum Gasteiger partial charge on any atom is -0.457 e. The van der Waals surface area contributed by atoms with Crippen molar-refractivity contribution in [2.24, 2.45) is 4.99 Å². The Morgan fingerprint density at radius 1 is 0.912 bits per heavy atom. The van der Waals surface area contributed by atoms with Crippen LogP contribution in [0, 0.1) is 13.8 Å². The number of anilines is 1. The Morgan fingerprint density at radius 2 is 1.65 bits per heavy atom. The Balaban J connectivity index is 1.52. The van der Waals surface area contributed by atoms with Gasteiger partial charge in [0.25, 0.3) is 5.91 Å². The lowest BCUT2D eigenvalue weighted by Crippen LogP contribution is -2.28. The minimum atomic E-state index is -0.122. The fourth-order valence-corrected chi connectivity index (χ4v) is 4.93. The molecule has 1 amide bonds. The number of carbonyl (C=O) groups is 1. The number of benzene rings is 3. The van der Waals surface area contributed by atoms with Gasteiger partial charge in [0, 0.05) is 16.1 Å². The van der Waals surface area contributed by atoms with E-state index in [0.29, 0.717) is 15.8 Å². The molecule has 1 fully saturated rings.